The molecule has 0 atom stereocenters. The van der Waals surface area contributed by atoms with E-state index in [-0.39, 0.29) is 6.61 Å². The number of rotatable bonds is 1. The number of aliphatic hydroxyl groups excluding tert-OH is 1. The normalized spacial score (nSPS) is 10.8. The van der Waals surface area contributed by atoms with Crippen LogP contribution in [0.2, 0.25) is 0 Å². The minimum Gasteiger partial charge on any atom is -0.392 e. The summed E-state index contributed by atoms with van der Waals surface area (Å²) in [6.45, 7) is 1.88. The maximum Gasteiger partial charge on any atom is 0.0931 e. The first kappa shape index (κ1) is 7.24. The number of hydrogen-bond donors (Lipinski definition) is 1. The predicted octanol–water partition coefficient (Wildman–Crippen LogP) is 0.530. The lowest BCUT2D eigenvalue weighted by atomic mass is 10.2. The fourth-order valence-corrected chi connectivity index (χ4v) is 1.25. The molecule has 0 bridgehead atoms. The topological polar surface area (TPSA) is 50.4 Å². The van der Waals surface area contributed by atoms with Gasteiger partial charge in [0.15, 0.2) is 0 Å². The van der Waals surface area contributed by atoms with Crippen LogP contribution < -0.4 is 0 Å². The van der Waals surface area contributed by atoms with Gasteiger partial charge in [0, 0.05) is 11.8 Å². The molecule has 2 aromatic rings. The summed E-state index contributed by atoms with van der Waals surface area (Å²) in [6, 6.07) is 3.72. The fraction of sp³-hybridized carbons (Fsp3) is 0.250. The maximum absolute atomic E-state index is 9.02. The second-order valence-electron chi connectivity index (χ2n) is 2.62. The Labute approximate surface area is 69.4 Å². The fourth-order valence-electron chi connectivity index (χ4n) is 1.25. The van der Waals surface area contributed by atoms with Gasteiger partial charge in [-0.25, -0.2) is 0 Å². The van der Waals surface area contributed by atoms with E-state index in [1.165, 1.54) is 4.63 Å². The standard InChI is InChI=1S/C8H9N3O/c1-6-7(5-12)8-3-2-4-9-11(8)10-6/h2-4,12H,5H2,1H3. The molecule has 0 fully saturated rings. The molecule has 0 aliphatic rings. The largest absolute Gasteiger partial charge is 0.392 e. The molecule has 0 aromatic carbocycles. The van der Waals surface area contributed by atoms with Crippen LogP contribution in [-0.4, -0.2) is 19.9 Å². The molecule has 0 radical (unpaired) electrons. The van der Waals surface area contributed by atoms with Gasteiger partial charge in [0.25, 0.3) is 0 Å². The summed E-state index contributed by atoms with van der Waals surface area (Å²) in [7, 11) is 0. The Balaban J connectivity index is 2.81. The van der Waals surface area contributed by atoms with E-state index in [0.717, 1.165) is 16.8 Å². The van der Waals surface area contributed by atoms with Crippen LogP contribution >= 0.6 is 0 Å². The minimum atomic E-state index is 0.0149. The number of aromatic nitrogens is 3. The summed E-state index contributed by atoms with van der Waals surface area (Å²) in [5.41, 5.74) is 2.55. The third kappa shape index (κ3) is 0.887. The molecule has 0 spiro atoms. The summed E-state index contributed by atoms with van der Waals surface area (Å²) in [6.07, 6.45) is 1.67. The van der Waals surface area contributed by atoms with E-state index < -0.39 is 0 Å². The van der Waals surface area contributed by atoms with Crippen molar-refractivity contribution in [2.75, 3.05) is 0 Å². The molecular weight excluding hydrogens is 154 g/mol. The maximum atomic E-state index is 9.02. The van der Waals surface area contributed by atoms with Crippen molar-refractivity contribution in [1.29, 1.82) is 0 Å². The van der Waals surface area contributed by atoms with Gasteiger partial charge in [-0.3, -0.25) is 0 Å². The van der Waals surface area contributed by atoms with E-state index in [9.17, 15) is 0 Å². The van der Waals surface area contributed by atoms with Gasteiger partial charge in [0.1, 0.15) is 0 Å². The monoisotopic (exact) mass is 163 g/mol. The highest BCUT2D eigenvalue weighted by Gasteiger charge is 2.06. The molecule has 2 heterocycles. The van der Waals surface area contributed by atoms with Crippen molar-refractivity contribution in [2.45, 2.75) is 13.5 Å². The highest BCUT2D eigenvalue weighted by atomic mass is 16.3. The summed E-state index contributed by atoms with van der Waals surface area (Å²) in [4.78, 5) is 0. The van der Waals surface area contributed by atoms with Crippen LogP contribution in [0.1, 0.15) is 11.3 Å². The van der Waals surface area contributed by atoms with Crippen molar-refractivity contribution >= 4 is 5.52 Å². The molecule has 2 aromatic heterocycles. The van der Waals surface area contributed by atoms with Crippen LogP contribution in [0, 0.1) is 6.92 Å². The van der Waals surface area contributed by atoms with E-state index in [2.05, 4.69) is 10.2 Å². The molecule has 62 valence electrons. The van der Waals surface area contributed by atoms with Crippen molar-refractivity contribution in [3.63, 3.8) is 0 Å². The van der Waals surface area contributed by atoms with E-state index in [1.54, 1.807) is 6.20 Å². The first-order chi connectivity index (χ1) is 5.83. The molecule has 1 N–H and O–H groups in total. The molecule has 0 saturated carbocycles. The average Bonchev–Trinajstić information content (AvgIpc) is 2.40. The zero-order valence-corrected chi connectivity index (χ0v) is 6.73. The molecule has 0 aliphatic carbocycles. The Morgan fingerprint density at radius 3 is 3.17 bits per heavy atom. The highest BCUT2D eigenvalue weighted by Crippen LogP contribution is 2.12. The predicted molar refractivity (Wildman–Crippen MR) is 43.6 cm³/mol. The van der Waals surface area contributed by atoms with Crippen molar-refractivity contribution < 1.29 is 5.11 Å². The third-order valence-electron chi connectivity index (χ3n) is 1.88. The van der Waals surface area contributed by atoms with Gasteiger partial charge in [0.05, 0.1) is 17.8 Å². The molecule has 12 heavy (non-hydrogen) atoms. The van der Waals surface area contributed by atoms with Crippen LogP contribution in [0.5, 0.6) is 0 Å². The lowest BCUT2D eigenvalue weighted by Gasteiger charge is -1.91. The first-order valence-corrected chi connectivity index (χ1v) is 3.73. The minimum absolute atomic E-state index is 0.0149. The zero-order valence-electron chi connectivity index (χ0n) is 6.73. The van der Waals surface area contributed by atoms with E-state index in [1.807, 2.05) is 19.1 Å². The molecule has 0 saturated heterocycles. The van der Waals surface area contributed by atoms with Gasteiger partial charge in [-0.05, 0) is 19.1 Å². The molecule has 4 nitrogen and oxygen atoms in total. The Hall–Kier alpha value is -1.42. The summed E-state index contributed by atoms with van der Waals surface area (Å²) < 4.78 is 1.53. The molecule has 2 rings (SSSR count). The zero-order chi connectivity index (χ0) is 8.55. The van der Waals surface area contributed by atoms with Gasteiger partial charge in [-0.1, -0.05) is 0 Å². The van der Waals surface area contributed by atoms with Crippen LogP contribution in [-0.2, 0) is 6.61 Å². The van der Waals surface area contributed by atoms with E-state index >= 15 is 0 Å². The third-order valence-corrected chi connectivity index (χ3v) is 1.88. The lowest BCUT2D eigenvalue weighted by Crippen LogP contribution is -1.91. The second kappa shape index (κ2) is 2.57. The van der Waals surface area contributed by atoms with Crippen molar-refractivity contribution in [2.24, 2.45) is 0 Å². The highest BCUT2D eigenvalue weighted by molar-refractivity contribution is 5.54. The van der Waals surface area contributed by atoms with Crippen LogP contribution in [0.3, 0.4) is 0 Å². The number of hydrogen-bond acceptors (Lipinski definition) is 3. The first-order valence-electron chi connectivity index (χ1n) is 3.73. The molecule has 0 aliphatic heterocycles. The number of nitrogens with zero attached hydrogens (tertiary/aromatic N) is 3. The quantitative estimate of drug-likeness (QED) is 0.667. The van der Waals surface area contributed by atoms with Gasteiger partial charge in [-0.2, -0.15) is 14.8 Å². The summed E-state index contributed by atoms with van der Waals surface area (Å²) >= 11 is 0. The van der Waals surface area contributed by atoms with Gasteiger partial charge < -0.3 is 5.11 Å². The second-order valence-corrected chi connectivity index (χ2v) is 2.62. The Morgan fingerprint density at radius 2 is 2.42 bits per heavy atom. The molecule has 0 unspecified atom stereocenters. The van der Waals surface area contributed by atoms with Crippen LogP contribution in [0.25, 0.3) is 5.52 Å². The Kier molecular flexibility index (Phi) is 1.55. The Bertz CT molecular complexity index is 408. The summed E-state index contributed by atoms with van der Waals surface area (Å²) in [5, 5.41) is 17.2. The van der Waals surface area contributed by atoms with Gasteiger partial charge in [-0.15, -0.1) is 0 Å². The average molecular weight is 163 g/mol. The van der Waals surface area contributed by atoms with Crippen LogP contribution in [0.4, 0.5) is 0 Å². The molecule has 0 amide bonds. The van der Waals surface area contributed by atoms with E-state index in [0.29, 0.717) is 0 Å². The smallest absolute Gasteiger partial charge is 0.0931 e. The molecule has 4 heteroatoms. The lowest BCUT2D eigenvalue weighted by molar-refractivity contribution is 0.282. The number of aliphatic hydroxyl groups is 1. The van der Waals surface area contributed by atoms with Crippen molar-refractivity contribution in [3.05, 3.63) is 29.6 Å². The van der Waals surface area contributed by atoms with Gasteiger partial charge in [0.2, 0.25) is 0 Å². The van der Waals surface area contributed by atoms with Crippen molar-refractivity contribution in [1.82, 2.24) is 14.8 Å². The van der Waals surface area contributed by atoms with Crippen molar-refractivity contribution in [3.8, 4) is 0 Å². The Morgan fingerprint density at radius 1 is 1.58 bits per heavy atom. The summed E-state index contributed by atoms with van der Waals surface area (Å²) in [5.74, 6) is 0. The number of aryl methyl sites for hydroxylation is 1. The van der Waals surface area contributed by atoms with E-state index in [4.69, 9.17) is 5.11 Å². The SMILES string of the molecule is Cc1nn2ncccc2c1CO. The van der Waals surface area contributed by atoms with Gasteiger partial charge >= 0.3 is 0 Å². The molecular formula is C8H9N3O. The van der Waals surface area contributed by atoms with Crippen LogP contribution in [0.15, 0.2) is 18.3 Å². The number of fused-ring (bicyclic) bond motifs is 1.